The number of amides is 1. The number of hydrogen-bond donors (Lipinski definition) is 1. The van der Waals surface area contributed by atoms with Crippen LogP contribution in [0.3, 0.4) is 0 Å². The van der Waals surface area contributed by atoms with E-state index in [4.69, 9.17) is 22.1 Å². The quantitative estimate of drug-likeness (QED) is 0.923. The van der Waals surface area contributed by atoms with E-state index in [0.29, 0.717) is 18.7 Å². The Hall–Kier alpha value is -2.11. The van der Waals surface area contributed by atoms with Crippen LogP contribution in [0.4, 0.5) is 4.39 Å². The molecule has 1 aliphatic rings. The monoisotopic (exact) mass is 348 g/mol. The van der Waals surface area contributed by atoms with Crippen molar-refractivity contribution in [2.45, 2.75) is 18.6 Å². The lowest BCUT2D eigenvalue weighted by Gasteiger charge is -2.25. The first-order chi connectivity index (χ1) is 11.5. The Morgan fingerprint density at radius 3 is 2.67 bits per heavy atom. The predicted molar refractivity (Wildman–Crippen MR) is 90.4 cm³/mol. The van der Waals surface area contributed by atoms with Gasteiger partial charge in [-0.25, -0.2) is 4.39 Å². The van der Waals surface area contributed by atoms with Gasteiger partial charge in [0.1, 0.15) is 11.6 Å². The minimum Gasteiger partial charge on any atom is -0.474 e. The van der Waals surface area contributed by atoms with Gasteiger partial charge in [-0.3, -0.25) is 4.79 Å². The van der Waals surface area contributed by atoms with Gasteiger partial charge in [-0.1, -0.05) is 41.9 Å². The van der Waals surface area contributed by atoms with E-state index in [0.717, 1.165) is 12.5 Å². The zero-order chi connectivity index (χ0) is 17.1. The fourth-order valence-corrected chi connectivity index (χ4v) is 2.95. The SMILES string of the molecule is N[C@@H]1CCN(C(=O)C(Oc2ccc(F)cc2Cl)c2ccccc2)C1. The second-order valence-electron chi connectivity index (χ2n) is 5.82. The van der Waals surface area contributed by atoms with E-state index >= 15 is 0 Å². The van der Waals surface area contributed by atoms with Crippen molar-refractivity contribution in [2.24, 2.45) is 5.73 Å². The number of ether oxygens (including phenoxy) is 1. The predicted octanol–water partition coefficient (Wildman–Crippen LogP) is 3.16. The normalized spacial score (nSPS) is 18.5. The molecule has 1 heterocycles. The minimum absolute atomic E-state index is 0.0141. The molecule has 3 rings (SSSR count). The Labute approximate surface area is 145 Å². The summed E-state index contributed by atoms with van der Waals surface area (Å²) in [6, 6.07) is 13.0. The number of halogens is 2. The summed E-state index contributed by atoms with van der Waals surface area (Å²) in [5.74, 6) is -0.362. The Balaban J connectivity index is 1.89. The summed E-state index contributed by atoms with van der Waals surface area (Å²) in [7, 11) is 0. The third-order valence-electron chi connectivity index (χ3n) is 4.00. The maximum atomic E-state index is 13.2. The average Bonchev–Trinajstić information content (AvgIpc) is 3.01. The molecule has 0 radical (unpaired) electrons. The van der Waals surface area contributed by atoms with Gasteiger partial charge in [0.25, 0.3) is 5.91 Å². The molecule has 1 unspecified atom stereocenters. The summed E-state index contributed by atoms with van der Waals surface area (Å²) in [5, 5.41) is 0.127. The molecule has 1 aliphatic heterocycles. The molecule has 0 saturated carbocycles. The number of carbonyl (C=O) groups is 1. The number of nitrogens with zero attached hydrogens (tertiary/aromatic N) is 1. The lowest BCUT2D eigenvalue weighted by molar-refractivity contribution is -0.138. The number of benzene rings is 2. The van der Waals surface area contributed by atoms with E-state index in [9.17, 15) is 9.18 Å². The van der Waals surface area contributed by atoms with Gasteiger partial charge in [0.05, 0.1) is 5.02 Å². The minimum atomic E-state index is -0.848. The summed E-state index contributed by atoms with van der Waals surface area (Å²) in [6.45, 7) is 1.10. The molecule has 4 nitrogen and oxygen atoms in total. The number of rotatable bonds is 4. The van der Waals surface area contributed by atoms with Crippen molar-refractivity contribution < 1.29 is 13.9 Å². The van der Waals surface area contributed by atoms with Gasteiger partial charge >= 0.3 is 0 Å². The molecule has 0 aliphatic carbocycles. The van der Waals surface area contributed by atoms with Crippen molar-refractivity contribution in [3.63, 3.8) is 0 Å². The molecule has 2 aromatic carbocycles. The standard InChI is InChI=1S/C18H18ClFN2O2/c19-15-10-13(20)6-7-16(15)24-17(12-4-2-1-3-5-12)18(23)22-9-8-14(21)11-22/h1-7,10,14,17H,8-9,11,21H2/t14-,17?/m1/s1. The second-order valence-corrected chi connectivity index (χ2v) is 6.22. The number of nitrogens with two attached hydrogens (primary N) is 1. The largest absolute Gasteiger partial charge is 0.474 e. The number of carbonyl (C=O) groups excluding carboxylic acids is 1. The molecule has 2 atom stereocenters. The Morgan fingerprint density at radius 1 is 1.29 bits per heavy atom. The molecule has 0 aromatic heterocycles. The fourth-order valence-electron chi connectivity index (χ4n) is 2.74. The van der Waals surface area contributed by atoms with Gasteiger partial charge in [-0.2, -0.15) is 0 Å². The van der Waals surface area contributed by atoms with Gasteiger partial charge in [-0.05, 0) is 24.6 Å². The molecule has 6 heteroatoms. The second kappa shape index (κ2) is 7.20. The topological polar surface area (TPSA) is 55.6 Å². The van der Waals surface area contributed by atoms with Crippen molar-refractivity contribution in [3.8, 4) is 5.75 Å². The van der Waals surface area contributed by atoms with E-state index in [-0.39, 0.29) is 22.7 Å². The van der Waals surface area contributed by atoms with Crippen LogP contribution in [0.2, 0.25) is 5.02 Å². The highest BCUT2D eigenvalue weighted by atomic mass is 35.5. The molecule has 126 valence electrons. The molecule has 0 spiro atoms. The summed E-state index contributed by atoms with van der Waals surface area (Å²) in [4.78, 5) is 14.6. The van der Waals surface area contributed by atoms with Crippen molar-refractivity contribution in [1.29, 1.82) is 0 Å². The number of hydrogen-bond acceptors (Lipinski definition) is 3. The first-order valence-corrected chi connectivity index (χ1v) is 8.13. The van der Waals surface area contributed by atoms with Crippen molar-refractivity contribution in [3.05, 3.63) is 64.9 Å². The maximum absolute atomic E-state index is 13.2. The molecule has 2 N–H and O–H groups in total. The van der Waals surface area contributed by atoms with Crippen LogP contribution in [0, 0.1) is 5.82 Å². The van der Waals surface area contributed by atoms with Crippen LogP contribution in [0.25, 0.3) is 0 Å². The highest BCUT2D eigenvalue weighted by molar-refractivity contribution is 6.32. The fraction of sp³-hybridized carbons (Fsp3) is 0.278. The lowest BCUT2D eigenvalue weighted by atomic mass is 10.1. The molecule has 24 heavy (non-hydrogen) atoms. The smallest absolute Gasteiger partial charge is 0.268 e. The summed E-state index contributed by atoms with van der Waals surface area (Å²) >= 11 is 6.04. The molecule has 1 saturated heterocycles. The summed E-state index contributed by atoms with van der Waals surface area (Å²) < 4.78 is 19.1. The van der Waals surface area contributed by atoms with Crippen LogP contribution in [0.1, 0.15) is 18.1 Å². The van der Waals surface area contributed by atoms with Crippen LogP contribution >= 0.6 is 11.6 Å². The van der Waals surface area contributed by atoms with Crippen LogP contribution in [-0.4, -0.2) is 29.9 Å². The maximum Gasteiger partial charge on any atom is 0.268 e. The van der Waals surface area contributed by atoms with E-state index in [1.165, 1.54) is 12.1 Å². The van der Waals surface area contributed by atoms with Gasteiger partial charge in [0.2, 0.25) is 6.10 Å². The van der Waals surface area contributed by atoms with Gasteiger partial charge < -0.3 is 15.4 Å². The third kappa shape index (κ3) is 3.68. The van der Waals surface area contributed by atoms with Crippen LogP contribution in [-0.2, 0) is 4.79 Å². The van der Waals surface area contributed by atoms with Gasteiger partial charge in [-0.15, -0.1) is 0 Å². The highest BCUT2D eigenvalue weighted by Crippen LogP contribution is 2.31. The summed E-state index contributed by atoms with van der Waals surface area (Å²) in [6.07, 6.45) is -0.0793. The Bertz CT molecular complexity index is 726. The zero-order valence-corrected chi connectivity index (χ0v) is 13.7. The van der Waals surface area contributed by atoms with Crippen LogP contribution in [0.15, 0.2) is 48.5 Å². The zero-order valence-electron chi connectivity index (χ0n) is 13.0. The van der Waals surface area contributed by atoms with Crippen molar-refractivity contribution >= 4 is 17.5 Å². The Kier molecular flexibility index (Phi) is 5.02. The van der Waals surface area contributed by atoms with Gasteiger partial charge in [0.15, 0.2) is 0 Å². The molecule has 0 bridgehead atoms. The molecular weight excluding hydrogens is 331 g/mol. The molecule has 1 amide bonds. The first kappa shape index (κ1) is 16.7. The molecular formula is C18H18ClFN2O2. The summed E-state index contributed by atoms with van der Waals surface area (Å²) in [5.41, 5.74) is 6.61. The van der Waals surface area contributed by atoms with E-state index < -0.39 is 11.9 Å². The average molecular weight is 349 g/mol. The third-order valence-corrected chi connectivity index (χ3v) is 4.30. The van der Waals surface area contributed by atoms with Crippen LogP contribution in [0.5, 0.6) is 5.75 Å². The van der Waals surface area contributed by atoms with E-state index in [1.807, 2.05) is 30.3 Å². The van der Waals surface area contributed by atoms with E-state index in [1.54, 1.807) is 4.90 Å². The Morgan fingerprint density at radius 2 is 2.04 bits per heavy atom. The first-order valence-electron chi connectivity index (χ1n) is 7.75. The molecule has 1 fully saturated rings. The highest BCUT2D eigenvalue weighted by Gasteiger charge is 2.32. The van der Waals surface area contributed by atoms with Gasteiger partial charge in [0, 0.05) is 24.7 Å². The lowest BCUT2D eigenvalue weighted by Crippen LogP contribution is -2.37. The van der Waals surface area contributed by atoms with E-state index in [2.05, 4.69) is 0 Å². The van der Waals surface area contributed by atoms with Crippen molar-refractivity contribution in [1.82, 2.24) is 4.90 Å². The number of likely N-dealkylation sites (tertiary alicyclic amines) is 1. The van der Waals surface area contributed by atoms with Crippen molar-refractivity contribution in [2.75, 3.05) is 13.1 Å². The molecule has 2 aromatic rings. The van der Waals surface area contributed by atoms with Crippen LogP contribution < -0.4 is 10.5 Å².